The summed E-state index contributed by atoms with van der Waals surface area (Å²) >= 11 is 5.84. The third kappa shape index (κ3) is 4.79. The molecule has 4 aromatic rings. The number of carbonyl (C=O) groups is 2. The van der Waals surface area contributed by atoms with E-state index in [1.54, 1.807) is 43.5 Å². The van der Waals surface area contributed by atoms with Crippen LogP contribution >= 0.6 is 11.6 Å². The van der Waals surface area contributed by atoms with Gasteiger partial charge in [-0.05, 0) is 48.5 Å². The molecule has 4 rings (SSSR count). The Kier molecular flexibility index (Phi) is 6.19. The van der Waals surface area contributed by atoms with Gasteiger partial charge in [0.05, 0.1) is 23.9 Å². The summed E-state index contributed by atoms with van der Waals surface area (Å²) in [4.78, 5) is 29.8. The summed E-state index contributed by atoms with van der Waals surface area (Å²) < 4.78 is 5.29. The highest BCUT2D eigenvalue weighted by atomic mass is 35.5. The van der Waals surface area contributed by atoms with Crippen LogP contribution in [-0.2, 0) is 0 Å². The Morgan fingerprint density at radius 1 is 0.906 bits per heavy atom. The maximum atomic E-state index is 12.9. The van der Waals surface area contributed by atoms with Crippen molar-refractivity contribution in [3.05, 3.63) is 89.4 Å². The number of carbonyl (C=O) groups excluding carboxylic acids is 2. The lowest BCUT2D eigenvalue weighted by Crippen LogP contribution is -2.44. The molecular formula is C24H19ClN4O3. The lowest BCUT2D eigenvalue weighted by atomic mass is 10.0. The van der Waals surface area contributed by atoms with Crippen LogP contribution in [0.25, 0.3) is 22.2 Å². The molecule has 0 radical (unpaired) electrons. The van der Waals surface area contributed by atoms with Gasteiger partial charge in [0, 0.05) is 21.7 Å². The van der Waals surface area contributed by atoms with Crippen molar-refractivity contribution >= 4 is 40.1 Å². The summed E-state index contributed by atoms with van der Waals surface area (Å²) in [7, 11) is 1.59. The number of para-hydroxylation sites is 1. The molecule has 0 bridgehead atoms. The SMILES string of the molecule is COc1cccc(-c2cc(C(=O)NNC(=O)Nc3ccc(Cl)cc3)c3ccccc3n2)c1. The highest BCUT2D eigenvalue weighted by Gasteiger charge is 2.15. The number of hydrogen-bond acceptors (Lipinski definition) is 4. The summed E-state index contributed by atoms with van der Waals surface area (Å²) in [5.41, 5.74) is 7.79. The second-order valence-electron chi connectivity index (χ2n) is 6.84. The first-order valence-corrected chi connectivity index (χ1v) is 10.1. The van der Waals surface area contributed by atoms with Gasteiger partial charge in [0.2, 0.25) is 0 Å². The van der Waals surface area contributed by atoms with Gasteiger partial charge < -0.3 is 10.1 Å². The average Bonchev–Trinajstić information content (AvgIpc) is 2.83. The van der Waals surface area contributed by atoms with Crippen molar-refractivity contribution in [3.8, 4) is 17.0 Å². The maximum Gasteiger partial charge on any atom is 0.337 e. The smallest absolute Gasteiger partial charge is 0.337 e. The van der Waals surface area contributed by atoms with Crippen molar-refractivity contribution in [3.63, 3.8) is 0 Å². The summed E-state index contributed by atoms with van der Waals surface area (Å²) in [6.45, 7) is 0. The number of anilines is 1. The number of nitrogens with one attached hydrogen (secondary N) is 3. The predicted molar refractivity (Wildman–Crippen MR) is 125 cm³/mol. The Bertz CT molecular complexity index is 1290. The maximum absolute atomic E-state index is 12.9. The molecule has 1 heterocycles. The molecule has 7 nitrogen and oxygen atoms in total. The quantitative estimate of drug-likeness (QED) is 0.383. The average molecular weight is 447 g/mol. The number of nitrogens with zero attached hydrogens (tertiary/aromatic N) is 1. The zero-order valence-electron chi connectivity index (χ0n) is 17.1. The predicted octanol–water partition coefficient (Wildman–Crippen LogP) is 5.03. The number of halogens is 1. The number of amides is 3. The van der Waals surface area contributed by atoms with Crippen molar-refractivity contribution in [1.82, 2.24) is 15.8 Å². The molecule has 3 aromatic carbocycles. The van der Waals surface area contributed by atoms with Crippen molar-refractivity contribution in [2.24, 2.45) is 0 Å². The Hall–Kier alpha value is -4.10. The van der Waals surface area contributed by atoms with Crippen LogP contribution in [0.2, 0.25) is 5.02 Å². The number of ether oxygens (including phenoxy) is 1. The highest BCUT2D eigenvalue weighted by molar-refractivity contribution is 6.30. The van der Waals surface area contributed by atoms with Gasteiger partial charge in [-0.3, -0.25) is 10.2 Å². The zero-order valence-corrected chi connectivity index (χ0v) is 17.8. The summed E-state index contributed by atoms with van der Waals surface area (Å²) in [5, 5.41) is 3.83. The number of urea groups is 1. The van der Waals surface area contributed by atoms with Crippen molar-refractivity contribution < 1.29 is 14.3 Å². The Morgan fingerprint density at radius 3 is 2.47 bits per heavy atom. The Balaban J connectivity index is 1.57. The fourth-order valence-corrected chi connectivity index (χ4v) is 3.30. The van der Waals surface area contributed by atoms with Gasteiger partial charge in [-0.15, -0.1) is 0 Å². The van der Waals surface area contributed by atoms with Crippen LogP contribution in [-0.4, -0.2) is 24.0 Å². The number of aromatic nitrogens is 1. The largest absolute Gasteiger partial charge is 0.497 e. The monoisotopic (exact) mass is 446 g/mol. The van der Waals surface area contributed by atoms with E-state index in [1.165, 1.54) is 0 Å². The molecule has 0 aliphatic carbocycles. The molecular weight excluding hydrogens is 428 g/mol. The van der Waals surface area contributed by atoms with E-state index in [0.29, 0.717) is 38.6 Å². The highest BCUT2D eigenvalue weighted by Crippen LogP contribution is 2.27. The summed E-state index contributed by atoms with van der Waals surface area (Å²) in [5.74, 6) is 0.211. The minimum atomic E-state index is -0.591. The van der Waals surface area contributed by atoms with E-state index in [-0.39, 0.29) is 0 Å². The standard InChI is InChI=1S/C24H19ClN4O3/c1-32-18-6-4-5-15(13-18)22-14-20(19-7-2-3-8-21(19)27-22)23(30)28-29-24(31)26-17-11-9-16(25)10-12-17/h2-14H,1H3,(H,28,30)(H2,26,29,31). The molecule has 0 atom stereocenters. The Morgan fingerprint density at radius 2 is 1.69 bits per heavy atom. The number of hydrogen-bond donors (Lipinski definition) is 3. The van der Waals surface area contributed by atoms with Crippen LogP contribution in [0.15, 0.2) is 78.9 Å². The molecule has 0 saturated heterocycles. The molecule has 160 valence electrons. The minimum absolute atomic E-state index is 0.375. The van der Waals surface area contributed by atoms with Gasteiger partial charge in [-0.2, -0.15) is 0 Å². The second kappa shape index (κ2) is 9.36. The van der Waals surface area contributed by atoms with Crippen molar-refractivity contribution in [2.45, 2.75) is 0 Å². The van der Waals surface area contributed by atoms with Crippen molar-refractivity contribution in [2.75, 3.05) is 12.4 Å². The number of fused-ring (bicyclic) bond motifs is 1. The number of benzene rings is 3. The topological polar surface area (TPSA) is 92.4 Å². The summed E-state index contributed by atoms with van der Waals surface area (Å²) in [6.07, 6.45) is 0. The molecule has 32 heavy (non-hydrogen) atoms. The number of methoxy groups -OCH3 is 1. The van der Waals surface area contributed by atoms with E-state index in [1.807, 2.05) is 42.5 Å². The van der Waals surface area contributed by atoms with Gasteiger partial charge in [0.15, 0.2) is 0 Å². The van der Waals surface area contributed by atoms with Gasteiger partial charge in [0.25, 0.3) is 5.91 Å². The first-order valence-electron chi connectivity index (χ1n) is 9.70. The van der Waals surface area contributed by atoms with E-state index in [2.05, 4.69) is 21.2 Å². The van der Waals surface area contributed by atoms with Gasteiger partial charge >= 0.3 is 6.03 Å². The number of rotatable bonds is 4. The molecule has 8 heteroatoms. The fourth-order valence-electron chi connectivity index (χ4n) is 3.17. The molecule has 0 spiro atoms. The number of hydrazine groups is 1. The first kappa shape index (κ1) is 21.1. The third-order valence-electron chi connectivity index (χ3n) is 4.72. The van der Waals surface area contributed by atoms with E-state index in [9.17, 15) is 9.59 Å². The van der Waals surface area contributed by atoms with Crippen LogP contribution in [0.3, 0.4) is 0 Å². The molecule has 1 aromatic heterocycles. The van der Waals surface area contributed by atoms with E-state index in [0.717, 1.165) is 5.56 Å². The van der Waals surface area contributed by atoms with Crippen LogP contribution < -0.4 is 20.9 Å². The molecule has 3 amide bonds. The van der Waals surface area contributed by atoms with Gasteiger partial charge in [-0.25, -0.2) is 15.2 Å². The van der Waals surface area contributed by atoms with Crippen molar-refractivity contribution in [1.29, 1.82) is 0 Å². The lowest BCUT2D eigenvalue weighted by molar-refractivity contribution is 0.0939. The Labute approximate surface area is 189 Å². The van der Waals surface area contributed by atoms with E-state index in [4.69, 9.17) is 16.3 Å². The first-order chi connectivity index (χ1) is 15.5. The van der Waals surface area contributed by atoms with E-state index < -0.39 is 11.9 Å². The molecule has 0 fully saturated rings. The zero-order chi connectivity index (χ0) is 22.5. The molecule has 0 aliphatic heterocycles. The number of pyridine rings is 1. The molecule has 0 saturated carbocycles. The van der Waals surface area contributed by atoms with Gasteiger partial charge in [0.1, 0.15) is 5.75 Å². The van der Waals surface area contributed by atoms with Crippen LogP contribution in [0, 0.1) is 0 Å². The molecule has 0 aliphatic rings. The third-order valence-corrected chi connectivity index (χ3v) is 4.97. The van der Waals surface area contributed by atoms with Crippen LogP contribution in [0.4, 0.5) is 10.5 Å². The van der Waals surface area contributed by atoms with Gasteiger partial charge in [-0.1, -0.05) is 41.9 Å². The fraction of sp³-hybridized carbons (Fsp3) is 0.0417. The molecule has 3 N–H and O–H groups in total. The van der Waals surface area contributed by atoms with E-state index >= 15 is 0 Å². The lowest BCUT2D eigenvalue weighted by Gasteiger charge is -2.12. The molecule has 0 unspecified atom stereocenters. The summed E-state index contributed by atoms with van der Waals surface area (Å²) in [6, 6.07) is 22.4. The minimum Gasteiger partial charge on any atom is -0.497 e. The van der Waals surface area contributed by atoms with Crippen LogP contribution in [0.1, 0.15) is 10.4 Å². The van der Waals surface area contributed by atoms with Crippen LogP contribution in [0.5, 0.6) is 5.75 Å². The second-order valence-corrected chi connectivity index (χ2v) is 7.28. The normalized spacial score (nSPS) is 10.4.